The molecule has 1 N–H and O–H groups in total. The molecule has 0 unspecified atom stereocenters. The van der Waals surface area contributed by atoms with Gasteiger partial charge in [0.1, 0.15) is 18.3 Å². The van der Waals surface area contributed by atoms with Crippen molar-refractivity contribution in [3.63, 3.8) is 0 Å². The van der Waals surface area contributed by atoms with E-state index in [-0.39, 0.29) is 23.9 Å². The van der Waals surface area contributed by atoms with E-state index < -0.39 is 39.4 Å². The van der Waals surface area contributed by atoms with Gasteiger partial charge in [-0.25, -0.2) is 4.79 Å². The summed E-state index contributed by atoms with van der Waals surface area (Å²) in [6, 6.07) is 25.8. The molecule has 5 rings (SSSR count). The second-order valence-electron chi connectivity index (χ2n) is 12.0. The molecule has 1 aliphatic carbocycles. The van der Waals surface area contributed by atoms with Crippen LogP contribution in [0, 0.1) is 11.3 Å². The molecule has 43 heavy (non-hydrogen) atoms. The Labute approximate surface area is 253 Å². The molecule has 0 saturated heterocycles. The Balaban J connectivity index is 1.63. The van der Waals surface area contributed by atoms with E-state index in [1.54, 1.807) is 18.2 Å². The molecule has 0 aromatic heterocycles. The number of carbonyl (C=O) groups is 2. The summed E-state index contributed by atoms with van der Waals surface area (Å²) < 4.78 is 31.7. The summed E-state index contributed by atoms with van der Waals surface area (Å²) in [5.41, 5.74) is -1.20. The Kier molecular flexibility index (Phi) is 8.94. The molecule has 3 aromatic rings. The molecule has 1 fully saturated rings. The zero-order valence-corrected chi connectivity index (χ0v) is 26.1. The number of fused-ring (bicyclic) bond motifs is 2. The molecular weight excluding hydrogens is 564 g/mol. The average Bonchev–Trinajstić information content (AvgIpc) is 3.30. The number of carboxylic acid groups (broad SMARTS) is 1. The van der Waals surface area contributed by atoms with E-state index in [9.17, 15) is 14.7 Å². The Morgan fingerprint density at radius 3 is 2.21 bits per heavy atom. The van der Waals surface area contributed by atoms with Crippen LogP contribution >= 0.6 is 0 Å². The molecule has 3 aromatic carbocycles. The predicted octanol–water partition coefficient (Wildman–Crippen LogP) is 4.14. The van der Waals surface area contributed by atoms with Crippen LogP contribution in [0.4, 0.5) is 0 Å². The van der Waals surface area contributed by atoms with Crippen molar-refractivity contribution in [2.75, 3.05) is 13.2 Å². The van der Waals surface area contributed by atoms with Crippen LogP contribution in [0.5, 0.6) is 17.2 Å². The lowest BCUT2D eigenvalue weighted by molar-refractivity contribution is -0.140. The number of benzene rings is 3. The van der Waals surface area contributed by atoms with Crippen molar-refractivity contribution in [1.29, 1.82) is 0 Å². The van der Waals surface area contributed by atoms with Gasteiger partial charge in [-0.15, -0.1) is 0 Å². The first-order valence-electron chi connectivity index (χ1n) is 14.5. The van der Waals surface area contributed by atoms with E-state index in [0.29, 0.717) is 23.7 Å². The SMILES string of the molecule is CC(=O)OCC=C[C@]1(O[SiH](c2ccccc2)c2ccccc2)[C@@H]2Oc3cccc(OCC(=O)O)c3O[C@H]2C[C@@H]1C(C)(C)C. The number of rotatable bonds is 10. The molecule has 4 atom stereocenters. The molecular formula is C34H38O8Si. The van der Waals surface area contributed by atoms with Gasteiger partial charge < -0.3 is 28.5 Å². The van der Waals surface area contributed by atoms with E-state index in [4.69, 9.17) is 23.4 Å². The Hall–Kier alpha value is -4.08. The molecule has 0 radical (unpaired) electrons. The topological polar surface area (TPSA) is 101 Å². The highest BCUT2D eigenvalue weighted by molar-refractivity contribution is 6.80. The van der Waals surface area contributed by atoms with Crippen LogP contribution in [0.2, 0.25) is 0 Å². The minimum absolute atomic E-state index is 0.0660. The summed E-state index contributed by atoms with van der Waals surface area (Å²) in [6.07, 6.45) is 3.51. The van der Waals surface area contributed by atoms with Crippen LogP contribution in [-0.2, 0) is 18.8 Å². The second-order valence-corrected chi connectivity index (χ2v) is 14.3. The van der Waals surface area contributed by atoms with Gasteiger partial charge in [0, 0.05) is 12.8 Å². The van der Waals surface area contributed by atoms with Gasteiger partial charge >= 0.3 is 11.9 Å². The summed E-state index contributed by atoms with van der Waals surface area (Å²) in [6.45, 7) is 7.54. The van der Waals surface area contributed by atoms with Gasteiger partial charge in [0.05, 0.1) is 0 Å². The quantitative estimate of drug-likeness (QED) is 0.210. The number of aliphatic carboxylic acids is 1. The van der Waals surface area contributed by atoms with Crippen LogP contribution in [0.1, 0.15) is 34.1 Å². The molecule has 2 aliphatic rings. The van der Waals surface area contributed by atoms with Crippen molar-refractivity contribution >= 4 is 31.4 Å². The van der Waals surface area contributed by atoms with Gasteiger partial charge in [-0.3, -0.25) is 4.79 Å². The normalized spacial score (nSPS) is 22.8. The largest absolute Gasteiger partial charge is 0.479 e. The first-order chi connectivity index (χ1) is 20.6. The maximum Gasteiger partial charge on any atom is 0.341 e. The molecule has 1 heterocycles. The summed E-state index contributed by atoms with van der Waals surface area (Å²) in [5.74, 6) is -0.352. The molecule has 8 nitrogen and oxygen atoms in total. The molecule has 0 amide bonds. The van der Waals surface area contributed by atoms with Crippen LogP contribution in [0.25, 0.3) is 0 Å². The Bertz CT molecular complexity index is 1410. The average molecular weight is 603 g/mol. The van der Waals surface area contributed by atoms with Crippen molar-refractivity contribution in [2.45, 2.75) is 51.9 Å². The Morgan fingerprint density at radius 1 is 0.977 bits per heavy atom. The fourth-order valence-corrected chi connectivity index (χ4v) is 8.75. The highest BCUT2D eigenvalue weighted by atomic mass is 28.3. The number of hydrogen-bond acceptors (Lipinski definition) is 7. The van der Waals surface area contributed by atoms with E-state index in [0.717, 1.165) is 10.4 Å². The van der Waals surface area contributed by atoms with Gasteiger partial charge in [0.2, 0.25) is 14.8 Å². The third kappa shape index (κ3) is 6.63. The summed E-state index contributed by atoms with van der Waals surface area (Å²) >= 11 is 0. The minimum Gasteiger partial charge on any atom is -0.479 e. The number of para-hydroxylation sites is 1. The van der Waals surface area contributed by atoms with Crippen molar-refractivity contribution in [3.8, 4) is 17.2 Å². The number of carbonyl (C=O) groups excluding carboxylic acids is 1. The fraction of sp³-hybridized carbons (Fsp3) is 0.353. The number of esters is 1. The molecule has 0 bridgehead atoms. The van der Waals surface area contributed by atoms with Gasteiger partial charge in [-0.2, -0.15) is 0 Å². The number of carboxylic acids is 1. The van der Waals surface area contributed by atoms with Gasteiger partial charge in [-0.05, 0) is 40.4 Å². The van der Waals surface area contributed by atoms with Gasteiger partial charge in [0.15, 0.2) is 24.2 Å². The molecule has 0 spiro atoms. The van der Waals surface area contributed by atoms with Crippen molar-refractivity contribution in [2.24, 2.45) is 11.3 Å². The van der Waals surface area contributed by atoms with Crippen LogP contribution in [-0.4, -0.2) is 57.1 Å². The maximum absolute atomic E-state index is 11.6. The third-order valence-electron chi connectivity index (χ3n) is 7.95. The van der Waals surface area contributed by atoms with Gasteiger partial charge in [-0.1, -0.05) is 93.6 Å². The highest BCUT2D eigenvalue weighted by Gasteiger charge is 2.63. The van der Waals surface area contributed by atoms with Crippen molar-refractivity contribution < 1.29 is 38.1 Å². The molecule has 226 valence electrons. The summed E-state index contributed by atoms with van der Waals surface area (Å²) in [4.78, 5) is 22.8. The second kappa shape index (κ2) is 12.6. The first kappa shape index (κ1) is 30.4. The van der Waals surface area contributed by atoms with Crippen LogP contribution < -0.4 is 24.6 Å². The van der Waals surface area contributed by atoms with E-state index in [1.165, 1.54) is 6.92 Å². The Morgan fingerprint density at radius 2 is 1.63 bits per heavy atom. The smallest absolute Gasteiger partial charge is 0.341 e. The zero-order valence-electron chi connectivity index (χ0n) is 24.9. The third-order valence-corrected chi connectivity index (χ3v) is 10.6. The van der Waals surface area contributed by atoms with Crippen molar-refractivity contribution in [3.05, 3.63) is 91.0 Å². The van der Waals surface area contributed by atoms with Crippen molar-refractivity contribution in [1.82, 2.24) is 0 Å². The van der Waals surface area contributed by atoms with E-state index in [1.807, 2.05) is 48.6 Å². The summed E-state index contributed by atoms with van der Waals surface area (Å²) in [5, 5.41) is 11.4. The molecule has 9 heteroatoms. The first-order valence-corrected chi connectivity index (χ1v) is 16.1. The predicted molar refractivity (Wildman–Crippen MR) is 165 cm³/mol. The zero-order chi connectivity index (χ0) is 30.6. The van der Waals surface area contributed by atoms with Gasteiger partial charge in [0.25, 0.3) is 0 Å². The van der Waals surface area contributed by atoms with Crippen LogP contribution in [0.3, 0.4) is 0 Å². The van der Waals surface area contributed by atoms with E-state index in [2.05, 4.69) is 45.0 Å². The lowest BCUT2D eigenvalue weighted by atomic mass is 9.71. The lowest BCUT2D eigenvalue weighted by Gasteiger charge is -2.46. The fourth-order valence-electron chi connectivity index (χ4n) is 6.17. The molecule has 1 aliphatic heterocycles. The number of ether oxygens (including phenoxy) is 4. The highest BCUT2D eigenvalue weighted by Crippen LogP contribution is 2.55. The van der Waals surface area contributed by atoms with E-state index >= 15 is 0 Å². The van der Waals surface area contributed by atoms with Crippen LogP contribution in [0.15, 0.2) is 91.0 Å². The molecule has 1 saturated carbocycles. The number of hydrogen-bond donors (Lipinski definition) is 1. The standard InChI is InChI=1S/C34H38O8Si/c1-23(35)38-20-12-19-34(42-43(24-13-7-5-8-14-24)25-15-9-6-10-16-25)29(33(2,3)4)21-28-32(34)41-27-18-11-17-26(31(27)40-28)39-22-30(36)37/h5-19,28-29,32,43H,20-22H2,1-4H3,(H,36,37)/t28-,29+,32+,34+/m0/s1. The maximum atomic E-state index is 11.6. The lowest BCUT2D eigenvalue weighted by Crippen LogP contribution is -2.60. The monoisotopic (exact) mass is 602 g/mol. The summed E-state index contributed by atoms with van der Waals surface area (Å²) in [7, 11) is -2.32. The minimum atomic E-state index is -2.32.